The summed E-state index contributed by atoms with van der Waals surface area (Å²) in [5, 5.41) is 6.13. The standard InChI is InChI=1S/C14H17N/c1-3-15-11(2)13-10-6-8-12-7-4-5-9-14(12)13/h4-11,15H,3H2,1-2H3/t11-/m0/s1. The summed E-state index contributed by atoms with van der Waals surface area (Å²) in [5.74, 6) is 0. The first-order valence-electron chi connectivity index (χ1n) is 5.54. The van der Waals surface area contributed by atoms with Crippen LogP contribution in [0.15, 0.2) is 42.5 Å². The van der Waals surface area contributed by atoms with Crippen LogP contribution >= 0.6 is 0 Å². The topological polar surface area (TPSA) is 12.0 Å². The van der Waals surface area contributed by atoms with Crippen LogP contribution in [0.3, 0.4) is 0 Å². The van der Waals surface area contributed by atoms with Gasteiger partial charge in [-0.15, -0.1) is 0 Å². The van der Waals surface area contributed by atoms with Gasteiger partial charge in [0.05, 0.1) is 0 Å². The van der Waals surface area contributed by atoms with Gasteiger partial charge in [-0.3, -0.25) is 0 Å². The lowest BCUT2D eigenvalue weighted by Crippen LogP contribution is -2.17. The Morgan fingerprint density at radius 2 is 1.80 bits per heavy atom. The highest BCUT2D eigenvalue weighted by Crippen LogP contribution is 2.23. The molecule has 0 saturated carbocycles. The van der Waals surface area contributed by atoms with E-state index in [1.54, 1.807) is 0 Å². The molecule has 0 amide bonds. The Hall–Kier alpha value is -1.34. The van der Waals surface area contributed by atoms with E-state index < -0.39 is 0 Å². The molecule has 2 aromatic rings. The third kappa shape index (κ3) is 2.02. The second-order valence-electron chi connectivity index (χ2n) is 3.85. The molecule has 78 valence electrons. The van der Waals surface area contributed by atoms with Crippen molar-refractivity contribution in [1.82, 2.24) is 5.32 Å². The fourth-order valence-electron chi connectivity index (χ4n) is 2.04. The maximum absolute atomic E-state index is 3.45. The van der Waals surface area contributed by atoms with E-state index in [-0.39, 0.29) is 0 Å². The van der Waals surface area contributed by atoms with E-state index in [2.05, 4.69) is 61.6 Å². The zero-order chi connectivity index (χ0) is 10.7. The SMILES string of the molecule is CCN[C@@H](C)c1cccc2ccccc12. The summed E-state index contributed by atoms with van der Waals surface area (Å²) in [6.45, 7) is 5.36. The molecule has 0 spiro atoms. The van der Waals surface area contributed by atoms with Crippen LogP contribution in [-0.4, -0.2) is 6.54 Å². The van der Waals surface area contributed by atoms with Crippen molar-refractivity contribution in [1.29, 1.82) is 0 Å². The van der Waals surface area contributed by atoms with Crippen molar-refractivity contribution in [2.45, 2.75) is 19.9 Å². The first kappa shape index (κ1) is 10.2. The molecule has 1 nitrogen and oxygen atoms in total. The zero-order valence-electron chi connectivity index (χ0n) is 9.33. The van der Waals surface area contributed by atoms with Gasteiger partial charge in [0.25, 0.3) is 0 Å². The van der Waals surface area contributed by atoms with Gasteiger partial charge in [0.1, 0.15) is 0 Å². The maximum atomic E-state index is 3.45. The first-order valence-corrected chi connectivity index (χ1v) is 5.54. The van der Waals surface area contributed by atoms with E-state index in [1.165, 1.54) is 16.3 Å². The lowest BCUT2D eigenvalue weighted by Gasteiger charge is -2.15. The normalized spacial score (nSPS) is 12.9. The van der Waals surface area contributed by atoms with Crippen molar-refractivity contribution >= 4 is 10.8 Å². The van der Waals surface area contributed by atoms with Crippen molar-refractivity contribution in [3.63, 3.8) is 0 Å². The Bertz CT molecular complexity index is 443. The molecule has 0 bridgehead atoms. The predicted octanol–water partition coefficient (Wildman–Crippen LogP) is 3.51. The van der Waals surface area contributed by atoms with Crippen molar-refractivity contribution in [2.24, 2.45) is 0 Å². The number of fused-ring (bicyclic) bond motifs is 1. The molecule has 0 aliphatic rings. The van der Waals surface area contributed by atoms with E-state index in [0.717, 1.165) is 6.54 Å². The second kappa shape index (κ2) is 4.45. The van der Waals surface area contributed by atoms with E-state index in [1.807, 2.05) is 0 Å². The van der Waals surface area contributed by atoms with Crippen LogP contribution in [0.5, 0.6) is 0 Å². The molecule has 1 atom stereocenters. The number of hydrogen-bond acceptors (Lipinski definition) is 1. The largest absolute Gasteiger partial charge is 0.310 e. The molecular weight excluding hydrogens is 182 g/mol. The molecule has 0 unspecified atom stereocenters. The summed E-state index contributed by atoms with van der Waals surface area (Å²) < 4.78 is 0. The highest BCUT2D eigenvalue weighted by atomic mass is 14.9. The van der Waals surface area contributed by atoms with Gasteiger partial charge in [-0.1, -0.05) is 49.4 Å². The minimum absolute atomic E-state index is 0.418. The summed E-state index contributed by atoms with van der Waals surface area (Å²) >= 11 is 0. The zero-order valence-corrected chi connectivity index (χ0v) is 9.33. The average Bonchev–Trinajstić information content (AvgIpc) is 2.28. The molecular formula is C14H17N. The van der Waals surface area contributed by atoms with Gasteiger partial charge in [0, 0.05) is 6.04 Å². The number of hydrogen-bond donors (Lipinski definition) is 1. The van der Waals surface area contributed by atoms with Crippen LogP contribution in [0.2, 0.25) is 0 Å². The molecule has 0 aromatic heterocycles. The van der Waals surface area contributed by atoms with E-state index in [4.69, 9.17) is 0 Å². The third-order valence-corrected chi connectivity index (χ3v) is 2.80. The van der Waals surface area contributed by atoms with E-state index >= 15 is 0 Å². The summed E-state index contributed by atoms with van der Waals surface area (Å²) in [5.41, 5.74) is 1.38. The Balaban J connectivity index is 2.50. The highest BCUT2D eigenvalue weighted by molar-refractivity contribution is 5.86. The van der Waals surface area contributed by atoms with Crippen LogP contribution in [0.4, 0.5) is 0 Å². The summed E-state index contributed by atoms with van der Waals surface area (Å²) in [6, 6.07) is 15.5. The van der Waals surface area contributed by atoms with Crippen LogP contribution in [-0.2, 0) is 0 Å². The van der Waals surface area contributed by atoms with Crippen molar-refractivity contribution < 1.29 is 0 Å². The van der Waals surface area contributed by atoms with Crippen molar-refractivity contribution in [3.05, 3.63) is 48.0 Å². The van der Waals surface area contributed by atoms with Crippen LogP contribution in [0.25, 0.3) is 10.8 Å². The third-order valence-electron chi connectivity index (χ3n) is 2.80. The molecule has 2 aromatic carbocycles. The second-order valence-corrected chi connectivity index (χ2v) is 3.85. The van der Waals surface area contributed by atoms with Crippen LogP contribution < -0.4 is 5.32 Å². The number of nitrogens with one attached hydrogen (secondary N) is 1. The summed E-state index contributed by atoms with van der Waals surface area (Å²) in [7, 11) is 0. The van der Waals surface area contributed by atoms with Gasteiger partial charge in [-0.25, -0.2) is 0 Å². The summed E-state index contributed by atoms with van der Waals surface area (Å²) in [4.78, 5) is 0. The molecule has 1 N–H and O–H groups in total. The minimum atomic E-state index is 0.418. The summed E-state index contributed by atoms with van der Waals surface area (Å²) in [6.07, 6.45) is 0. The number of rotatable bonds is 3. The van der Waals surface area contributed by atoms with Gasteiger partial charge < -0.3 is 5.32 Å². The average molecular weight is 199 g/mol. The van der Waals surface area contributed by atoms with Gasteiger partial charge >= 0.3 is 0 Å². The van der Waals surface area contributed by atoms with Gasteiger partial charge in [0.15, 0.2) is 0 Å². The lowest BCUT2D eigenvalue weighted by molar-refractivity contribution is 0.602. The van der Waals surface area contributed by atoms with E-state index in [0.29, 0.717) is 6.04 Å². The smallest absolute Gasteiger partial charge is 0.0297 e. The molecule has 0 fully saturated rings. The van der Waals surface area contributed by atoms with Crippen LogP contribution in [0, 0.1) is 0 Å². The number of benzene rings is 2. The molecule has 0 aliphatic heterocycles. The molecule has 0 aliphatic carbocycles. The van der Waals surface area contributed by atoms with Crippen LogP contribution in [0.1, 0.15) is 25.5 Å². The van der Waals surface area contributed by atoms with Crippen molar-refractivity contribution in [2.75, 3.05) is 6.54 Å². The fourth-order valence-corrected chi connectivity index (χ4v) is 2.04. The Kier molecular flexibility index (Phi) is 3.02. The van der Waals surface area contributed by atoms with E-state index in [9.17, 15) is 0 Å². The molecule has 0 saturated heterocycles. The molecule has 0 radical (unpaired) electrons. The quantitative estimate of drug-likeness (QED) is 0.797. The highest BCUT2D eigenvalue weighted by Gasteiger charge is 2.06. The lowest BCUT2D eigenvalue weighted by atomic mass is 10.00. The Labute approximate surface area is 91.1 Å². The Morgan fingerprint density at radius 1 is 1.07 bits per heavy atom. The molecule has 2 rings (SSSR count). The fraction of sp³-hybridized carbons (Fsp3) is 0.286. The van der Waals surface area contributed by atoms with Gasteiger partial charge in [0.2, 0.25) is 0 Å². The minimum Gasteiger partial charge on any atom is -0.310 e. The monoisotopic (exact) mass is 199 g/mol. The first-order chi connectivity index (χ1) is 7.33. The molecule has 1 heteroatoms. The molecule has 0 heterocycles. The van der Waals surface area contributed by atoms with Gasteiger partial charge in [-0.2, -0.15) is 0 Å². The Morgan fingerprint density at radius 3 is 2.60 bits per heavy atom. The van der Waals surface area contributed by atoms with Crippen molar-refractivity contribution in [3.8, 4) is 0 Å². The van der Waals surface area contributed by atoms with Gasteiger partial charge in [-0.05, 0) is 29.8 Å². The predicted molar refractivity (Wildman–Crippen MR) is 66.0 cm³/mol. The maximum Gasteiger partial charge on any atom is 0.0297 e. The molecule has 15 heavy (non-hydrogen) atoms.